The monoisotopic (exact) mass is 282 g/mol. The molecule has 0 amide bonds. The zero-order valence-electron chi connectivity index (χ0n) is 12.8. The van der Waals surface area contributed by atoms with Gasteiger partial charge in [-0.05, 0) is 52.4 Å². The Morgan fingerprint density at radius 3 is 2.47 bits per heavy atom. The minimum atomic E-state index is 0.249. The SMILES string of the molecule is CCC(C)(C)N(C)CCC(NC)c1ccccc1Cl. The first-order valence-electron chi connectivity index (χ1n) is 7.05. The second-order valence-electron chi connectivity index (χ2n) is 5.74. The average molecular weight is 283 g/mol. The van der Waals surface area contributed by atoms with Crippen LogP contribution in [0.25, 0.3) is 0 Å². The van der Waals surface area contributed by atoms with Gasteiger partial charge in [0.2, 0.25) is 0 Å². The van der Waals surface area contributed by atoms with E-state index in [1.807, 2.05) is 25.2 Å². The van der Waals surface area contributed by atoms with Crippen molar-refractivity contribution in [1.29, 1.82) is 0 Å². The molecule has 0 aliphatic heterocycles. The second-order valence-corrected chi connectivity index (χ2v) is 6.15. The fourth-order valence-corrected chi connectivity index (χ4v) is 2.38. The molecule has 0 radical (unpaired) electrons. The maximum absolute atomic E-state index is 6.28. The van der Waals surface area contributed by atoms with E-state index in [4.69, 9.17) is 11.6 Å². The number of hydrogen-bond acceptors (Lipinski definition) is 2. The molecule has 0 saturated heterocycles. The summed E-state index contributed by atoms with van der Waals surface area (Å²) >= 11 is 6.28. The second kappa shape index (κ2) is 7.28. The van der Waals surface area contributed by atoms with Gasteiger partial charge in [-0.2, -0.15) is 0 Å². The van der Waals surface area contributed by atoms with E-state index in [0.29, 0.717) is 6.04 Å². The lowest BCUT2D eigenvalue weighted by molar-refractivity contribution is 0.144. The number of nitrogens with one attached hydrogen (secondary N) is 1. The predicted octanol–water partition coefficient (Wildman–Crippen LogP) is 4.11. The maximum atomic E-state index is 6.28. The summed E-state index contributed by atoms with van der Waals surface area (Å²) in [5.74, 6) is 0. The van der Waals surface area contributed by atoms with Gasteiger partial charge < -0.3 is 10.2 Å². The third-order valence-electron chi connectivity index (χ3n) is 4.28. The van der Waals surface area contributed by atoms with Crippen LogP contribution in [0.4, 0.5) is 0 Å². The van der Waals surface area contributed by atoms with Crippen LogP contribution in [0.15, 0.2) is 24.3 Å². The molecule has 108 valence electrons. The van der Waals surface area contributed by atoms with Gasteiger partial charge in [-0.1, -0.05) is 36.7 Å². The number of halogens is 1. The topological polar surface area (TPSA) is 15.3 Å². The van der Waals surface area contributed by atoms with Crippen LogP contribution in [0, 0.1) is 0 Å². The molecule has 0 bridgehead atoms. The predicted molar refractivity (Wildman–Crippen MR) is 84.9 cm³/mol. The molecule has 1 atom stereocenters. The molecular formula is C16H27ClN2. The van der Waals surface area contributed by atoms with E-state index in [0.717, 1.165) is 24.4 Å². The Hall–Kier alpha value is -0.570. The third kappa shape index (κ3) is 4.48. The van der Waals surface area contributed by atoms with E-state index in [1.54, 1.807) is 0 Å². The van der Waals surface area contributed by atoms with Crippen LogP contribution in [0.1, 0.15) is 45.2 Å². The van der Waals surface area contributed by atoms with Gasteiger partial charge in [0.15, 0.2) is 0 Å². The first-order chi connectivity index (χ1) is 8.92. The van der Waals surface area contributed by atoms with Crippen molar-refractivity contribution in [1.82, 2.24) is 10.2 Å². The van der Waals surface area contributed by atoms with Crippen LogP contribution in [-0.4, -0.2) is 31.1 Å². The number of benzene rings is 1. The Balaban J connectivity index is 2.67. The molecule has 0 aliphatic carbocycles. The van der Waals surface area contributed by atoms with Gasteiger partial charge in [-0.3, -0.25) is 0 Å². The first kappa shape index (κ1) is 16.5. The van der Waals surface area contributed by atoms with Crippen molar-refractivity contribution in [2.75, 3.05) is 20.6 Å². The molecule has 2 nitrogen and oxygen atoms in total. The van der Waals surface area contributed by atoms with Gasteiger partial charge in [-0.25, -0.2) is 0 Å². The molecule has 1 aromatic rings. The largest absolute Gasteiger partial charge is 0.313 e. The molecule has 0 saturated carbocycles. The van der Waals surface area contributed by atoms with Gasteiger partial charge in [0.05, 0.1) is 0 Å². The minimum absolute atomic E-state index is 0.249. The minimum Gasteiger partial charge on any atom is -0.313 e. The standard InChI is InChI=1S/C16H27ClN2/c1-6-16(2,3)19(5)12-11-15(18-4)13-9-7-8-10-14(13)17/h7-10,15,18H,6,11-12H2,1-5H3. The summed E-state index contributed by atoms with van der Waals surface area (Å²) in [7, 11) is 4.20. The fraction of sp³-hybridized carbons (Fsp3) is 0.625. The van der Waals surface area contributed by atoms with E-state index >= 15 is 0 Å². The molecule has 0 aromatic heterocycles. The molecular weight excluding hydrogens is 256 g/mol. The summed E-state index contributed by atoms with van der Waals surface area (Å²) in [6.07, 6.45) is 2.21. The Morgan fingerprint density at radius 1 is 1.32 bits per heavy atom. The summed E-state index contributed by atoms with van der Waals surface area (Å²) in [5.41, 5.74) is 1.44. The third-order valence-corrected chi connectivity index (χ3v) is 4.63. The van der Waals surface area contributed by atoms with Gasteiger partial charge in [0.25, 0.3) is 0 Å². The summed E-state index contributed by atoms with van der Waals surface area (Å²) in [5, 5.41) is 4.22. The molecule has 1 aromatic carbocycles. The molecule has 3 heteroatoms. The van der Waals surface area contributed by atoms with Crippen molar-refractivity contribution in [3.8, 4) is 0 Å². The normalized spacial score (nSPS) is 13.8. The van der Waals surface area contributed by atoms with E-state index in [1.165, 1.54) is 5.56 Å². The highest BCUT2D eigenvalue weighted by molar-refractivity contribution is 6.31. The maximum Gasteiger partial charge on any atom is 0.0453 e. The lowest BCUT2D eigenvalue weighted by Gasteiger charge is -2.35. The van der Waals surface area contributed by atoms with Gasteiger partial charge in [-0.15, -0.1) is 0 Å². The summed E-state index contributed by atoms with van der Waals surface area (Å²) in [6.45, 7) is 7.87. The smallest absolute Gasteiger partial charge is 0.0453 e. The quantitative estimate of drug-likeness (QED) is 0.810. The van der Waals surface area contributed by atoms with Gasteiger partial charge in [0, 0.05) is 23.1 Å². The number of hydrogen-bond donors (Lipinski definition) is 1. The van der Waals surface area contributed by atoms with Crippen molar-refractivity contribution < 1.29 is 0 Å². The van der Waals surface area contributed by atoms with E-state index in [2.05, 4.69) is 44.1 Å². The van der Waals surface area contributed by atoms with Crippen LogP contribution in [0.3, 0.4) is 0 Å². The van der Waals surface area contributed by atoms with E-state index in [9.17, 15) is 0 Å². The van der Waals surface area contributed by atoms with Crippen LogP contribution in [0.5, 0.6) is 0 Å². The van der Waals surface area contributed by atoms with Crippen LogP contribution >= 0.6 is 11.6 Å². The van der Waals surface area contributed by atoms with Crippen LogP contribution in [-0.2, 0) is 0 Å². The van der Waals surface area contributed by atoms with Gasteiger partial charge >= 0.3 is 0 Å². The molecule has 0 fully saturated rings. The Morgan fingerprint density at radius 2 is 1.95 bits per heavy atom. The molecule has 0 spiro atoms. The Bertz CT molecular complexity index is 390. The lowest BCUT2D eigenvalue weighted by atomic mass is 9.98. The van der Waals surface area contributed by atoms with E-state index in [-0.39, 0.29) is 5.54 Å². The van der Waals surface area contributed by atoms with Crippen molar-refractivity contribution in [3.63, 3.8) is 0 Å². The molecule has 0 aliphatic rings. The molecule has 19 heavy (non-hydrogen) atoms. The summed E-state index contributed by atoms with van der Waals surface area (Å²) < 4.78 is 0. The Kier molecular flexibility index (Phi) is 6.31. The lowest BCUT2D eigenvalue weighted by Crippen LogP contribution is -2.41. The van der Waals surface area contributed by atoms with Crippen molar-refractivity contribution in [3.05, 3.63) is 34.9 Å². The van der Waals surface area contributed by atoms with Crippen molar-refractivity contribution in [2.45, 2.75) is 45.2 Å². The average Bonchev–Trinajstić information content (AvgIpc) is 2.40. The van der Waals surface area contributed by atoms with Crippen molar-refractivity contribution >= 4 is 11.6 Å². The zero-order chi connectivity index (χ0) is 14.5. The fourth-order valence-electron chi connectivity index (χ4n) is 2.11. The first-order valence-corrected chi connectivity index (χ1v) is 7.43. The van der Waals surface area contributed by atoms with E-state index < -0.39 is 0 Å². The summed E-state index contributed by atoms with van der Waals surface area (Å²) in [4.78, 5) is 2.42. The molecule has 0 heterocycles. The van der Waals surface area contributed by atoms with Crippen LogP contribution < -0.4 is 5.32 Å². The number of rotatable bonds is 7. The van der Waals surface area contributed by atoms with Gasteiger partial charge in [0.1, 0.15) is 0 Å². The number of nitrogens with zero attached hydrogens (tertiary/aromatic N) is 1. The highest BCUT2D eigenvalue weighted by Crippen LogP contribution is 2.26. The highest BCUT2D eigenvalue weighted by Gasteiger charge is 2.22. The van der Waals surface area contributed by atoms with Crippen molar-refractivity contribution in [2.24, 2.45) is 0 Å². The molecule has 1 unspecified atom stereocenters. The summed E-state index contributed by atoms with van der Waals surface area (Å²) in [6, 6.07) is 8.40. The van der Waals surface area contributed by atoms with Crippen LogP contribution in [0.2, 0.25) is 5.02 Å². The highest BCUT2D eigenvalue weighted by atomic mass is 35.5. The zero-order valence-corrected chi connectivity index (χ0v) is 13.6. The Labute approximate surface area is 123 Å². The molecule has 1 N–H and O–H groups in total. The molecule has 1 rings (SSSR count).